The fourth-order valence-corrected chi connectivity index (χ4v) is 2.33. The Balaban J connectivity index is 2.30. The Kier molecular flexibility index (Phi) is 3.78. The van der Waals surface area contributed by atoms with Crippen molar-refractivity contribution in [3.05, 3.63) is 29.7 Å². The number of nitrogens with zero attached hydrogens (tertiary/aromatic N) is 3. The van der Waals surface area contributed by atoms with Gasteiger partial charge in [0.05, 0.1) is 6.42 Å². The maximum Gasteiger partial charge on any atom is 0.307 e. The van der Waals surface area contributed by atoms with Crippen LogP contribution in [0.1, 0.15) is 52.4 Å². The van der Waals surface area contributed by atoms with E-state index in [1.165, 1.54) is 0 Å². The molecule has 2 aromatic heterocycles. The number of fused-ring (bicyclic) bond motifs is 1. The first kappa shape index (κ1) is 15.5. The topological polar surface area (TPSA) is 56.5 Å². The van der Waals surface area contributed by atoms with Gasteiger partial charge >= 0.3 is 5.97 Å². The van der Waals surface area contributed by atoms with Gasteiger partial charge in [-0.1, -0.05) is 19.9 Å². The average Bonchev–Trinajstić information content (AvgIpc) is 2.71. The van der Waals surface area contributed by atoms with Gasteiger partial charge in [0, 0.05) is 11.6 Å². The van der Waals surface area contributed by atoms with Crippen molar-refractivity contribution in [2.45, 2.75) is 59.0 Å². The van der Waals surface area contributed by atoms with Crippen molar-refractivity contribution in [3.8, 4) is 0 Å². The van der Waals surface area contributed by atoms with Crippen LogP contribution in [0.4, 0.5) is 0 Å². The first-order valence-corrected chi connectivity index (χ1v) is 7.13. The first-order chi connectivity index (χ1) is 9.60. The average molecular weight is 289 g/mol. The van der Waals surface area contributed by atoms with Crippen LogP contribution in [0.2, 0.25) is 0 Å². The number of hydrogen-bond acceptors (Lipinski definition) is 4. The first-order valence-electron chi connectivity index (χ1n) is 7.13. The van der Waals surface area contributed by atoms with Gasteiger partial charge in [0.2, 0.25) is 0 Å². The number of aryl methyl sites for hydroxylation is 1. The minimum atomic E-state index is -0.476. The standard InChI is InChI=1S/C16H23N3O2/c1-11-8-7-9-19-13(11)17-18-14(19)16(5,6)10-12(20)21-15(2,3)4/h7-9H,10H2,1-6H3. The van der Waals surface area contributed by atoms with Crippen molar-refractivity contribution in [1.82, 2.24) is 14.6 Å². The summed E-state index contributed by atoms with van der Waals surface area (Å²) in [7, 11) is 0. The van der Waals surface area contributed by atoms with Crippen molar-refractivity contribution < 1.29 is 9.53 Å². The molecule has 0 bridgehead atoms. The van der Waals surface area contributed by atoms with E-state index in [0.717, 1.165) is 17.0 Å². The third-order valence-corrected chi connectivity index (χ3v) is 3.24. The normalized spacial score (nSPS) is 12.7. The number of pyridine rings is 1. The largest absolute Gasteiger partial charge is 0.460 e. The molecule has 0 aliphatic rings. The Bertz CT molecular complexity index is 666. The Hall–Kier alpha value is -1.91. The van der Waals surface area contributed by atoms with E-state index < -0.39 is 11.0 Å². The van der Waals surface area contributed by atoms with Crippen molar-refractivity contribution in [2.75, 3.05) is 0 Å². The van der Waals surface area contributed by atoms with Gasteiger partial charge in [0.1, 0.15) is 11.4 Å². The lowest BCUT2D eigenvalue weighted by atomic mass is 9.88. The highest BCUT2D eigenvalue weighted by Crippen LogP contribution is 2.27. The molecular weight excluding hydrogens is 266 g/mol. The summed E-state index contributed by atoms with van der Waals surface area (Å²) in [5.41, 5.74) is 0.959. The third-order valence-electron chi connectivity index (χ3n) is 3.24. The summed E-state index contributed by atoms with van der Waals surface area (Å²) in [5, 5.41) is 8.51. The van der Waals surface area contributed by atoms with Crippen LogP contribution in [0.5, 0.6) is 0 Å². The van der Waals surface area contributed by atoms with Gasteiger partial charge in [0.15, 0.2) is 5.65 Å². The van der Waals surface area contributed by atoms with E-state index in [4.69, 9.17) is 4.74 Å². The number of aromatic nitrogens is 3. The molecule has 5 nitrogen and oxygen atoms in total. The second kappa shape index (κ2) is 5.13. The molecule has 2 rings (SSSR count). The van der Waals surface area contributed by atoms with E-state index in [9.17, 15) is 4.79 Å². The molecule has 21 heavy (non-hydrogen) atoms. The zero-order valence-electron chi connectivity index (χ0n) is 13.6. The zero-order valence-corrected chi connectivity index (χ0v) is 13.6. The smallest absolute Gasteiger partial charge is 0.307 e. The number of esters is 1. The molecule has 0 aliphatic heterocycles. The van der Waals surface area contributed by atoms with E-state index in [-0.39, 0.29) is 12.4 Å². The third kappa shape index (κ3) is 3.40. The van der Waals surface area contributed by atoms with Crippen LogP contribution < -0.4 is 0 Å². The summed E-state index contributed by atoms with van der Waals surface area (Å²) < 4.78 is 7.36. The molecule has 0 unspecified atom stereocenters. The van der Waals surface area contributed by atoms with Crippen LogP contribution in [0, 0.1) is 6.92 Å². The number of carbonyl (C=O) groups excluding carboxylic acids is 1. The summed E-state index contributed by atoms with van der Waals surface area (Å²) in [6.07, 6.45) is 2.19. The minimum Gasteiger partial charge on any atom is -0.460 e. The monoisotopic (exact) mass is 289 g/mol. The van der Waals surface area contributed by atoms with Crippen LogP contribution >= 0.6 is 0 Å². The molecule has 0 saturated heterocycles. The van der Waals surface area contributed by atoms with E-state index in [0.29, 0.717) is 0 Å². The SMILES string of the molecule is Cc1cccn2c(C(C)(C)CC(=O)OC(C)(C)C)nnc12. The van der Waals surface area contributed by atoms with Gasteiger partial charge in [-0.25, -0.2) is 0 Å². The number of rotatable bonds is 3. The maximum atomic E-state index is 12.1. The molecule has 0 spiro atoms. The maximum absolute atomic E-state index is 12.1. The van der Waals surface area contributed by atoms with E-state index in [1.807, 2.05) is 64.3 Å². The molecule has 0 aromatic carbocycles. The number of ether oxygens (including phenoxy) is 1. The quantitative estimate of drug-likeness (QED) is 0.815. The summed E-state index contributed by atoms with van der Waals surface area (Å²) in [4.78, 5) is 12.1. The van der Waals surface area contributed by atoms with Gasteiger partial charge in [0.25, 0.3) is 0 Å². The molecule has 2 aromatic rings. The van der Waals surface area contributed by atoms with Crippen LogP contribution in [0.25, 0.3) is 5.65 Å². The molecular formula is C16H23N3O2. The van der Waals surface area contributed by atoms with Crippen LogP contribution in [-0.2, 0) is 14.9 Å². The van der Waals surface area contributed by atoms with Gasteiger partial charge in [-0.3, -0.25) is 9.20 Å². The number of carbonyl (C=O) groups is 1. The van der Waals surface area contributed by atoms with Crippen molar-refractivity contribution in [2.24, 2.45) is 0 Å². The van der Waals surface area contributed by atoms with Crippen LogP contribution in [0.15, 0.2) is 18.3 Å². The highest BCUT2D eigenvalue weighted by atomic mass is 16.6. The second-order valence-electron chi connectivity index (χ2n) is 7.06. The Labute approximate surface area is 125 Å². The van der Waals surface area contributed by atoms with Crippen molar-refractivity contribution in [1.29, 1.82) is 0 Å². The second-order valence-corrected chi connectivity index (χ2v) is 7.06. The molecule has 114 valence electrons. The highest BCUT2D eigenvalue weighted by molar-refractivity contribution is 5.71. The lowest BCUT2D eigenvalue weighted by Crippen LogP contribution is -2.30. The fraction of sp³-hybridized carbons (Fsp3) is 0.562. The number of hydrogen-bond donors (Lipinski definition) is 0. The molecule has 0 saturated carbocycles. The zero-order chi connectivity index (χ0) is 15.8. The Morgan fingerprint density at radius 2 is 1.90 bits per heavy atom. The van der Waals surface area contributed by atoms with Gasteiger partial charge in [-0.05, 0) is 39.3 Å². The summed E-state index contributed by atoms with van der Waals surface area (Å²) in [6, 6.07) is 3.95. The molecule has 0 amide bonds. The van der Waals surface area contributed by atoms with E-state index in [2.05, 4.69) is 10.2 Å². The molecule has 5 heteroatoms. The summed E-state index contributed by atoms with van der Waals surface area (Å²) in [5.74, 6) is 0.545. The molecule has 2 heterocycles. The van der Waals surface area contributed by atoms with E-state index >= 15 is 0 Å². The summed E-state index contributed by atoms with van der Waals surface area (Å²) >= 11 is 0. The predicted molar refractivity (Wildman–Crippen MR) is 81.2 cm³/mol. The summed E-state index contributed by atoms with van der Waals surface area (Å²) in [6.45, 7) is 11.6. The highest BCUT2D eigenvalue weighted by Gasteiger charge is 2.31. The molecule has 0 atom stereocenters. The molecule has 0 radical (unpaired) electrons. The lowest BCUT2D eigenvalue weighted by Gasteiger charge is -2.25. The Morgan fingerprint density at radius 1 is 1.24 bits per heavy atom. The van der Waals surface area contributed by atoms with Crippen LogP contribution in [0.3, 0.4) is 0 Å². The van der Waals surface area contributed by atoms with Crippen LogP contribution in [-0.4, -0.2) is 26.2 Å². The molecule has 0 fully saturated rings. The fourth-order valence-electron chi connectivity index (χ4n) is 2.33. The van der Waals surface area contributed by atoms with Gasteiger partial charge in [-0.15, -0.1) is 10.2 Å². The van der Waals surface area contributed by atoms with Gasteiger partial charge < -0.3 is 4.74 Å². The minimum absolute atomic E-state index is 0.225. The predicted octanol–water partition coefficient (Wildman–Crippen LogP) is 3.05. The van der Waals surface area contributed by atoms with Gasteiger partial charge in [-0.2, -0.15) is 0 Å². The van der Waals surface area contributed by atoms with E-state index in [1.54, 1.807) is 0 Å². The molecule has 0 N–H and O–H groups in total. The lowest BCUT2D eigenvalue weighted by molar-refractivity contribution is -0.156. The van der Waals surface area contributed by atoms with Crippen molar-refractivity contribution in [3.63, 3.8) is 0 Å². The Morgan fingerprint density at radius 3 is 2.52 bits per heavy atom. The van der Waals surface area contributed by atoms with Crippen molar-refractivity contribution >= 4 is 11.6 Å². The molecule has 0 aliphatic carbocycles.